The van der Waals surface area contributed by atoms with Gasteiger partial charge >= 0.3 is 0 Å². The van der Waals surface area contributed by atoms with E-state index in [0.717, 1.165) is 57.0 Å². The molecular weight excluding hydrogens is 504 g/mol. The molecule has 1 saturated heterocycles. The van der Waals surface area contributed by atoms with Crippen LogP contribution in [0.2, 0.25) is 0 Å². The van der Waals surface area contributed by atoms with Crippen molar-refractivity contribution in [3.05, 3.63) is 66.1 Å². The molecule has 0 saturated carbocycles. The van der Waals surface area contributed by atoms with E-state index in [-0.39, 0.29) is 29.8 Å². The summed E-state index contributed by atoms with van der Waals surface area (Å²) >= 11 is 0. The number of nitrogens with one attached hydrogen (secondary N) is 3. The van der Waals surface area contributed by atoms with Crippen LogP contribution in [0.1, 0.15) is 24.8 Å². The zero-order valence-electron chi connectivity index (χ0n) is 17.9. The summed E-state index contributed by atoms with van der Waals surface area (Å²) in [5.41, 5.74) is 3.52. The topological polar surface area (TPSA) is 55.5 Å². The fraction of sp³-hybridized carbons (Fsp3) is 0.375. The fourth-order valence-electron chi connectivity index (χ4n) is 4.17. The standard InChI is InChI=1S/C24H30FN5.HI/c1-26-24(27-13-5-6-18-17-28-23-10-3-2-9-22(18)23)29-20-11-14-30(15-12-20)21-8-4-7-19(25)16-21;/h2-4,7-10,16-17,20,28H,5-6,11-15H2,1H3,(H2,26,27,29);1H. The number of hydrogen-bond donors (Lipinski definition) is 3. The van der Waals surface area contributed by atoms with Crippen molar-refractivity contribution in [3.63, 3.8) is 0 Å². The molecule has 7 heteroatoms. The number of H-pyrrole nitrogens is 1. The molecule has 0 radical (unpaired) electrons. The lowest BCUT2D eigenvalue weighted by atomic mass is 10.0. The zero-order valence-corrected chi connectivity index (χ0v) is 20.2. The molecule has 1 fully saturated rings. The Morgan fingerprint density at radius 1 is 1.16 bits per heavy atom. The summed E-state index contributed by atoms with van der Waals surface area (Å²) in [5.74, 6) is 0.683. The molecule has 0 spiro atoms. The molecule has 0 aliphatic carbocycles. The molecule has 3 aromatic rings. The second-order valence-electron chi connectivity index (χ2n) is 7.85. The largest absolute Gasteiger partial charge is 0.371 e. The second kappa shape index (κ2) is 11.4. The van der Waals surface area contributed by atoms with Gasteiger partial charge in [-0.05, 0) is 55.5 Å². The van der Waals surface area contributed by atoms with Crippen molar-refractivity contribution >= 4 is 46.5 Å². The maximum Gasteiger partial charge on any atom is 0.191 e. The molecule has 5 nitrogen and oxygen atoms in total. The van der Waals surface area contributed by atoms with E-state index in [0.29, 0.717) is 6.04 Å². The number of hydrogen-bond acceptors (Lipinski definition) is 2. The third-order valence-electron chi connectivity index (χ3n) is 5.82. The normalized spacial score (nSPS) is 15.0. The SMILES string of the molecule is CN=C(NCCCc1c[nH]c2ccccc12)NC1CCN(c2cccc(F)c2)CC1.I. The van der Waals surface area contributed by atoms with Gasteiger partial charge in [0, 0.05) is 55.5 Å². The van der Waals surface area contributed by atoms with Gasteiger partial charge in [0.05, 0.1) is 0 Å². The third kappa shape index (κ3) is 6.12. The number of anilines is 1. The Bertz CT molecular complexity index is 994. The molecule has 2 aromatic carbocycles. The maximum absolute atomic E-state index is 13.5. The van der Waals surface area contributed by atoms with E-state index >= 15 is 0 Å². The summed E-state index contributed by atoms with van der Waals surface area (Å²) in [6, 6.07) is 15.7. The van der Waals surface area contributed by atoms with Crippen molar-refractivity contribution in [2.24, 2.45) is 4.99 Å². The van der Waals surface area contributed by atoms with E-state index in [1.54, 1.807) is 12.1 Å². The lowest BCUT2D eigenvalue weighted by Crippen LogP contribution is -2.49. The van der Waals surface area contributed by atoms with Crippen molar-refractivity contribution < 1.29 is 4.39 Å². The van der Waals surface area contributed by atoms with Crippen LogP contribution >= 0.6 is 24.0 Å². The average Bonchev–Trinajstić information content (AvgIpc) is 3.19. The van der Waals surface area contributed by atoms with Crippen LogP contribution in [0.3, 0.4) is 0 Å². The van der Waals surface area contributed by atoms with Gasteiger partial charge in [0.1, 0.15) is 5.82 Å². The van der Waals surface area contributed by atoms with Crippen LogP contribution in [-0.2, 0) is 6.42 Å². The lowest BCUT2D eigenvalue weighted by Gasteiger charge is -2.34. The fourth-order valence-corrected chi connectivity index (χ4v) is 4.17. The van der Waals surface area contributed by atoms with Gasteiger partial charge in [-0.25, -0.2) is 4.39 Å². The molecule has 1 aromatic heterocycles. The Morgan fingerprint density at radius 2 is 1.97 bits per heavy atom. The zero-order chi connectivity index (χ0) is 20.8. The van der Waals surface area contributed by atoms with Gasteiger partial charge < -0.3 is 20.5 Å². The molecule has 0 amide bonds. The first kappa shape index (κ1) is 23.4. The number of aliphatic imine (C=N–C) groups is 1. The molecule has 0 unspecified atom stereocenters. The molecule has 31 heavy (non-hydrogen) atoms. The molecule has 0 atom stereocenters. The molecule has 0 bridgehead atoms. The quantitative estimate of drug-likeness (QED) is 0.186. The molecule has 166 valence electrons. The Labute approximate surface area is 200 Å². The van der Waals surface area contributed by atoms with Crippen LogP contribution < -0.4 is 15.5 Å². The van der Waals surface area contributed by atoms with E-state index < -0.39 is 0 Å². The molecule has 4 rings (SSSR count). The van der Waals surface area contributed by atoms with Crippen LogP contribution in [0.25, 0.3) is 10.9 Å². The summed E-state index contributed by atoms with van der Waals surface area (Å²) < 4.78 is 13.5. The highest BCUT2D eigenvalue weighted by molar-refractivity contribution is 14.0. The number of aromatic nitrogens is 1. The van der Waals surface area contributed by atoms with Crippen molar-refractivity contribution in [2.45, 2.75) is 31.7 Å². The minimum atomic E-state index is -0.176. The van der Waals surface area contributed by atoms with E-state index in [1.165, 1.54) is 22.5 Å². The highest BCUT2D eigenvalue weighted by Gasteiger charge is 2.20. The van der Waals surface area contributed by atoms with E-state index in [2.05, 4.69) is 56.0 Å². The van der Waals surface area contributed by atoms with Gasteiger partial charge in [0.25, 0.3) is 0 Å². The maximum atomic E-state index is 13.5. The number of rotatable bonds is 6. The van der Waals surface area contributed by atoms with Gasteiger partial charge in [0.2, 0.25) is 0 Å². The summed E-state index contributed by atoms with van der Waals surface area (Å²) in [4.78, 5) is 9.97. The van der Waals surface area contributed by atoms with Gasteiger partial charge in [-0.1, -0.05) is 24.3 Å². The van der Waals surface area contributed by atoms with Gasteiger partial charge in [-0.2, -0.15) is 0 Å². The van der Waals surface area contributed by atoms with E-state index in [4.69, 9.17) is 0 Å². The smallest absolute Gasteiger partial charge is 0.191 e. The van der Waals surface area contributed by atoms with Crippen LogP contribution in [-0.4, -0.2) is 43.7 Å². The first-order chi connectivity index (χ1) is 14.7. The number of piperidine rings is 1. The highest BCUT2D eigenvalue weighted by atomic mass is 127. The van der Waals surface area contributed by atoms with E-state index in [9.17, 15) is 4.39 Å². The average molecular weight is 535 g/mol. The Kier molecular flexibility index (Phi) is 8.57. The molecule has 2 heterocycles. The summed E-state index contributed by atoms with van der Waals surface area (Å²) in [6.07, 6.45) is 6.20. The number of para-hydroxylation sites is 1. The molecule has 1 aliphatic heterocycles. The van der Waals surface area contributed by atoms with Crippen LogP contribution in [0.4, 0.5) is 10.1 Å². The predicted molar refractivity (Wildman–Crippen MR) is 138 cm³/mol. The summed E-state index contributed by atoms with van der Waals surface area (Å²) in [5, 5.41) is 8.30. The predicted octanol–water partition coefficient (Wildman–Crippen LogP) is 4.69. The minimum absolute atomic E-state index is 0. The number of benzene rings is 2. The van der Waals surface area contributed by atoms with Gasteiger partial charge in [-0.3, -0.25) is 4.99 Å². The second-order valence-corrected chi connectivity index (χ2v) is 7.85. The minimum Gasteiger partial charge on any atom is -0.371 e. The van der Waals surface area contributed by atoms with E-state index in [1.807, 2.05) is 13.1 Å². The monoisotopic (exact) mass is 535 g/mol. The molecule has 1 aliphatic rings. The number of aryl methyl sites for hydroxylation is 1. The van der Waals surface area contributed by atoms with Crippen LogP contribution in [0.5, 0.6) is 0 Å². The van der Waals surface area contributed by atoms with Gasteiger partial charge in [0.15, 0.2) is 5.96 Å². The third-order valence-corrected chi connectivity index (χ3v) is 5.82. The van der Waals surface area contributed by atoms with Crippen molar-refractivity contribution in [1.29, 1.82) is 0 Å². The van der Waals surface area contributed by atoms with Crippen molar-refractivity contribution in [1.82, 2.24) is 15.6 Å². The lowest BCUT2D eigenvalue weighted by molar-refractivity contribution is 0.461. The Hall–Kier alpha value is -2.29. The van der Waals surface area contributed by atoms with Gasteiger partial charge in [-0.15, -0.1) is 24.0 Å². The Morgan fingerprint density at radius 3 is 2.74 bits per heavy atom. The number of fused-ring (bicyclic) bond motifs is 1. The number of guanidine groups is 1. The van der Waals surface area contributed by atoms with Crippen LogP contribution in [0.15, 0.2) is 59.7 Å². The van der Waals surface area contributed by atoms with Crippen molar-refractivity contribution in [2.75, 3.05) is 31.6 Å². The summed E-state index contributed by atoms with van der Waals surface area (Å²) in [6.45, 7) is 2.71. The number of aromatic amines is 1. The molecular formula is C24H31FIN5. The number of halogens is 2. The summed E-state index contributed by atoms with van der Waals surface area (Å²) in [7, 11) is 1.82. The first-order valence-corrected chi connectivity index (χ1v) is 10.8. The highest BCUT2D eigenvalue weighted by Crippen LogP contribution is 2.21. The molecule has 3 N–H and O–H groups in total. The first-order valence-electron chi connectivity index (χ1n) is 10.8. The Balaban J connectivity index is 0.00000272. The van der Waals surface area contributed by atoms with Crippen molar-refractivity contribution in [3.8, 4) is 0 Å². The van der Waals surface area contributed by atoms with Crippen LogP contribution in [0, 0.1) is 5.82 Å². The number of nitrogens with zero attached hydrogens (tertiary/aromatic N) is 2.